The molecule has 0 bridgehead atoms. The Balaban J connectivity index is 1.89. The molecule has 1 amide bonds. The normalized spacial score (nSPS) is 10.4. The van der Waals surface area contributed by atoms with Crippen molar-refractivity contribution < 1.29 is 18.3 Å². The first-order chi connectivity index (χ1) is 11.1. The second kappa shape index (κ2) is 8.02. The number of aromatic nitrogens is 2. The SMILES string of the molecule is CCNC(=O)c1ccc(NCc2ccc(OC(F)F)cn2)nc1. The smallest absolute Gasteiger partial charge is 0.387 e. The summed E-state index contributed by atoms with van der Waals surface area (Å²) in [7, 11) is 0. The predicted octanol–water partition coefficient (Wildman–Crippen LogP) is 2.44. The Bertz CT molecular complexity index is 633. The minimum absolute atomic E-state index is 0.00756. The first-order valence-electron chi connectivity index (χ1n) is 6.96. The molecule has 0 aromatic carbocycles. The molecule has 0 unspecified atom stereocenters. The van der Waals surface area contributed by atoms with Crippen LogP contribution in [0.3, 0.4) is 0 Å². The van der Waals surface area contributed by atoms with E-state index in [4.69, 9.17) is 0 Å². The van der Waals surface area contributed by atoms with Gasteiger partial charge in [-0.25, -0.2) is 4.98 Å². The van der Waals surface area contributed by atoms with Gasteiger partial charge < -0.3 is 15.4 Å². The molecule has 8 heteroatoms. The van der Waals surface area contributed by atoms with Gasteiger partial charge in [-0.3, -0.25) is 9.78 Å². The molecule has 0 radical (unpaired) electrons. The molecule has 122 valence electrons. The van der Waals surface area contributed by atoms with Crippen molar-refractivity contribution in [3.05, 3.63) is 47.9 Å². The highest BCUT2D eigenvalue weighted by atomic mass is 19.3. The van der Waals surface area contributed by atoms with Crippen LogP contribution in [-0.2, 0) is 6.54 Å². The highest BCUT2D eigenvalue weighted by Gasteiger charge is 2.06. The minimum Gasteiger partial charge on any atom is -0.433 e. The molecule has 0 aliphatic carbocycles. The van der Waals surface area contributed by atoms with Gasteiger partial charge in [0.25, 0.3) is 5.91 Å². The summed E-state index contributed by atoms with van der Waals surface area (Å²) in [6.45, 7) is -0.113. The van der Waals surface area contributed by atoms with Crippen LogP contribution in [0.4, 0.5) is 14.6 Å². The van der Waals surface area contributed by atoms with Gasteiger partial charge in [0, 0.05) is 12.7 Å². The zero-order chi connectivity index (χ0) is 16.7. The van der Waals surface area contributed by atoms with E-state index in [1.165, 1.54) is 18.5 Å². The maximum absolute atomic E-state index is 12.0. The topological polar surface area (TPSA) is 76.1 Å². The average Bonchev–Trinajstić information content (AvgIpc) is 2.54. The van der Waals surface area contributed by atoms with Gasteiger partial charge in [0.05, 0.1) is 24.0 Å². The molecule has 0 aliphatic heterocycles. The van der Waals surface area contributed by atoms with Crippen LogP contribution in [0.1, 0.15) is 23.0 Å². The van der Waals surface area contributed by atoms with Crippen molar-refractivity contribution in [2.24, 2.45) is 0 Å². The number of carbonyl (C=O) groups is 1. The molecule has 2 N–H and O–H groups in total. The number of alkyl halides is 2. The van der Waals surface area contributed by atoms with Crippen molar-refractivity contribution in [1.82, 2.24) is 15.3 Å². The Morgan fingerprint density at radius 3 is 2.61 bits per heavy atom. The van der Waals surface area contributed by atoms with Crippen LogP contribution >= 0.6 is 0 Å². The van der Waals surface area contributed by atoms with Gasteiger partial charge in [-0.1, -0.05) is 0 Å². The van der Waals surface area contributed by atoms with Crippen LogP contribution in [0.15, 0.2) is 36.7 Å². The van der Waals surface area contributed by atoms with Crippen molar-refractivity contribution >= 4 is 11.7 Å². The molecule has 2 aromatic heterocycles. The van der Waals surface area contributed by atoms with Crippen LogP contribution in [0.25, 0.3) is 0 Å². The number of amides is 1. The Labute approximate surface area is 131 Å². The summed E-state index contributed by atoms with van der Waals surface area (Å²) in [5.74, 6) is 0.406. The molecule has 0 fully saturated rings. The number of pyridine rings is 2. The van der Waals surface area contributed by atoms with E-state index >= 15 is 0 Å². The predicted molar refractivity (Wildman–Crippen MR) is 80.4 cm³/mol. The van der Waals surface area contributed by atoms with Crippen molar-refractivity contribution in [3.63, 3.8) is 0 Å². The lowest BCUT2D eigenvalue weighted by Crippen LogP contribution is -2.22. The number of carbonyl (C=O) groups excluding carboxylic acids is 1. The van der Waals surface area contributed by atoms with Gasteiger partial charge in [0.2, 0.25) is 0 Å². The van der Waals surface area contributed by atoms with Crippen LogP contribution in [0.2, 0.25) is 0 Å². The van der Waals surface area contributed by atoms with Crippen LogP contribution in [-0.4, -0.2) is 29.0 Å². The zero-order valence-electron chi connectivity index (χ0n) is 12.4. The van der Waals surface area contributed by atoms with Gasteiger partial charge >= 0.3 is 6.61 Å². The molecule has 0 saturated carbocycles. The Kier molecular flexibility index (Phi) is 5.79. The van der Waals surface area contributed by atoms with Gasteiger partial charge in [0.1, 0.15) is 11.6 Å². The lowest BCUT2D eigenvalue weighted by atomic mass is 10.2. The number of hydrogen-bond donors (Lipinski definition) is 2. The Morgan fingerprint density at radius 1 is 1.22 bits per heavy atom. The fourth-order valence-corrected chi connectivity index (χ4v) is 1.76. The zero-order valence-corrected chi connectivity index (χ0v) is 12.4. The second-order valence-electron chi connectivity index (χ2n) is 4.51. The molecule has 23 heavy (non-hydrogen) atoms. The molecular formula is C15H16F2N4O2. The fourth-order valence-electron chi connectivity index (χ4n) is 1.76. The van der Waals surface area contributed by atoms with Crippen molar-refractivity contribution in [1.29, 1.82) is 0 Å². The first-order valence-corrected chi connectivity index (χ1v) is 6.96. The van der Waals surface area contributed by atoms with Crippen LogP contribution in [0.5, 0.6) is 5.75 Å². The highest BCUT2D eigenvalue weighted by molar-refractivity contribution is 5.93. The van der Waals surface area contributed by atoms with E-state index in [1.807, 2.05) is 6.92 Å². The quantitative estimate of drug-likeness (QED) is 0.819. The van der Waals surface area contributed by atoms with Crippen LogP contribution in [0, 0.1) is 0 Å². The van der Waals surface area contributed by atoms with Gasteiger partial charge in [-0.2, -0.15) is 8.78 Å². The number of anilines is 1. The minimum atomic E-state index is -2.87. The third kappa shape index (κ3) is 5.17. The number of nitrogens with one attached hydrogen (secondary N) is 2. The molecule has 6 nitrogen and oxygen atoms in total. The largest absolute Gasteiger partial charge is 0.433 e. The molecule has 0 saturated heterocycles. The lowest BCUT2D eigenvalue weighted by Gasteiger charge is -2.07. The van der Waals surface area contributed by atoms with E-state index in [1.54, 1.807) is 18.2 Å². The maximum atomic E-state index is 12.0. The van der Waals surface area contributed by atoms with E-state index in [-0.39, 0.29) is 11.7 Å². The van der Waals surface area contributed by atoms with E-state index < -0.39 is 6.61 Å². The molecular weight excluding hydrogens is 306 g/mol. The molecule has 2 rings (SSSR count). The van der Waals surface area contributed by atoms with E-state index in [9.17, 15) is 13.6 Å². The average molecular weight is 322 g/mol. The summed E-state index contributed by atoms with van der Waals surface area (Å²) in [6, 6.07) is 6.34. The van der Waals surface area contributed by atoms with E-state index in [2.05, 4.69) is 25.3 Å². The van der Waals surface area contributed by atoms with Crippen LogP contribution < -0.4 is 15.4 Å². The third-order valence-electron chi connectivity index (χ3n) is 2.84. The molecule has 0 atom stereocenters. The molecule has 0 aliphatic rings. The Hall–Kier alpha value is -2.77. The number of halogens is 2. The van der Waals surface area contributed by atoms with E-state index in [0.717, 1.165) is 0 Å². The van der Waals surface area contributed by atoms with Gasteiger partial charge in [0.15, 0.2) is 0 Å². The molecule has 2 heterocycles. The summed E-state index contributed by atoms with van der Waals surface area (Å²) in [5, 5.41) is 5.71. The highest BCUT2D eigenvalue weighted by Crippen LogP contribution is 2.13. The van der Waals surface area contributed by atoms with Crippen molar-refractivity contribution in [3.8, 4) is 5.75 Å². The number of hydrogen-bond acceptors (Lipinski definition) is 5. The molecule has 0 spiro atoms. The molecule has 2 aromatic rings. The second-order valence-corrected chi connectivity index (χ2v) is 4.51. The summed E-state index contributed by atoms with van der Waals surface area (Å²) in [5.41, 5.74) is 1.12. The van der Waals surface area contributed by atoms with Crippen molar-refractivity contribution in [2.75, 3.05) is 11.9 Å². The van der Waals surface area contributed by atoms with E-state index in [0.29, 0.717) is 30.2 Å². The number of rotatable bonds is 7. The fraction of sp³-hybridized carbons (Fsp3) is 0.267. The standard InChI is InChI=1S/C15H16F2N4O2/c1-2-18-14(22)10-3-6-13(20-7-10)21-8-11-4-5-12(9-19-11)23-15(16)17/h3-7,9,15H,2,8H2,1H3,(H,18,22)(H,20,21). The monoisotopic (exact) mass is 322 g/mol. The lowest BCUT2D eigenvalue weighted by molar-refractivity contribution is -0.0500. The number of ether oxygens (including phenoxy) is 1. The summed E-state index contributed by atoms with van der Waals surface area (Å²) < 4.78 is 28.3. The maximum Gasteiger partial charge on any atom is 0.387 e. The van der Waals surface area contributed by atoms with Gasteiger partial charge in [-0.05, 0) is 31.2 Å². The summed E-state index contributed by atoms with van der Waals surface area (Å²) in [6.07, 6.45) is 2.70. The summed E-state index contributed by atoms with van der Waals surface area (Å²) >= 11 is 0. The van der Waals surface area contributed by atoms with Gasteiger partial charge in [-0.15, -0.1) is 0 Å². The summed E-state index contributed by atoms with van der Waals surface area (Å²) in [4.78, 5) is 19.7. The third-order valence-corrected chi connectivity index (χ3v) is 2.84. The Morgan fingerprint density at radius 2 is 2.04 bits per heavy atom. The van der Waals surface area contributed by atoms with Crippen molar-refractivity contribution in [2.45, 2.75) is 20.1 Å². The first kappa shape index (κ1) is 16.6. The number of nitrogens with zero attached hydrogens (tertiary/aromatic N) is 2.